The molecule has 24 nitrogen and oxygen atoms in total. The zero-order valence-electron chi connectivity index (χ0n) is 63.7. The second kappa shape index (κ2) is 53.9. The van der Waals surface area contributed by atoms with Crippen LogP contribution in [0.2, 0.25) is 0 Å². The summed E-state index contributed by atoms with van der Waals surface area (Å²) in [5.41, 5.74) is 19.5. The van der Waals surface area contributed by atoms with Crippen LogP contribution < -0.4 is 41.5 Å². The van der Waals surface area contributed by atoms with Crippen molar-refractivity contribution >= 4 is 183 Å². The van der Waals surface area contributed by atoms with Gasteiger partial charge in [0.2, 0.25) is 23.6 Å². The lowest BCUT2D eigenvalue weighted by atomic mass is 10.1. The maximum absolute atomic E-state index is 11.0. The van der Waals surface area contributed by atoms with Gasteiger partial charge in [-0.3, -0.25) is 40.0 Å². The van der Waals surface area contributed by atoms with Crippen LogP contribution in [0.3, 0.4) is 0 Å². The van der Waals surface area contributed by atoms with Crippen molar-refractivity contribution < 1.29 is 40.0 Å². The molecule has 4 aromatic carbocycles. The van der Waals surface area contributed by atoms with Gasteiger partial charge in [-0.2, -0.15) is 0 Å². The smallest absolute Gasteiger partial charge is 0.243 e. The van der Waals surface area contributed by atoms with E-state index >= 15 is 0 Å². The second-order valence-corrected chi connectivity index (χ2v) is 29.5. The van der Waals surface area contributed by atoms with E-state index in [1.54, 1.807) is 21.9 Å². The van der Waals surface area contributed by atoms with E-state index in [-0.39, 0.29) is 23.6 Å². The molecule has 0 saturated carbocycles. The van der Waals surface area contributed by atoms with Crippen LogP contribution in [0.1, 0.15) is 159 Å². The van der Waals surface area contributed by atoms with E-state index in [1.165, 1.54) is 0 Å². The molecule has 0 aliphatic carbocycles. The summed E-state index contributed by atoms with van der Waals surface area (Å²) >= 11 is 47.3. The monoisotopic (exact) mass is 1670 g/mol. The molecule has 0 aliphatic rings. The largest absolute Gasteiger partial charge is 0.369 e. The third kappa shape index (κ3) is 31.5. The van der Waals surface area contributed by atoms with Gasteiger partial charge in [-0.1, -0.05) is 51.4 Å². The molecule has 4 heterocycles. The molecule has 0 atom stereocenters. The molecule has 0 unspecified atom stereocenters. The average molecular weight is 1680 g/mol. The summed E-state index contributed by atoms with van der Waals surface area (Å²) in [5, 5.41) is 33.9. The molecular formula is C77H114Cl8N16O8. The Morgan fingerprint density at radius 1 is 0.321 bits per heavy atom. The number of halogens is 8. The van der Waals surface area contributed by atoms with Crippen LogP contribution in [-0.4, -0.2) is 182 Å². The topological polar surface area (TPSA) is 282 Å². The molecule has 0 aliphatic heterocycles. The summed E-state index contributed by atoms with van der Waals surface area (Å²) in [6.07, 6.45) is 20.4. The Morgan fingerprint density at radius 2 is 0.532 bits per heavy atom. The van der Waals surface area contributed by atoms with Crippen LogP contribution in [0.15, 0.2) is 72.8 Å². The fraction of sp³-hybridized carbons (Fsp3) is 0.584. The van der Waals surface area contributed by atoms with Crippen molar-refractivity contribution in [1.82, 2.24) is 60.1 Å². The lowest BCUT2D eigenvalue weighted by Crippen LogP contribution is -2.27. The molecule has 8 rings (SSSR count). The zero-order chi connectivity index (χ0) is 79.3. The molecule has 0 bridgehead atoms. The molecule has 0 saturated heterocycles. The van der Waals surface area contributed by atoms with Gasteiger partial charge < -0.3 is 37.9 Å². The van der Waals surface area contributed by atoms with Crippen LogP contribution in [0.25, 0.3) is 44.1 Å². The highest BCUT2D eigenvalue weighted by Crippen LogP contribution is 2.29. The highest BCUT2D eigenvalue weighted by molar-refractivity contribution is 6.20. The number of unbranched alkanes of at least 4 members (excludes halogenated alkanes) is 12. The van der Waals surface area contributed by atoms with E-state index in [4.69, 9.17) is 134 Å². The van der Waals surface area contributed by atoms with Crippen molar-refractivity contribution in [3.63, 3.8) is 0 Å². The minimum atomic E-state index is -0.335. The van der Waals surface area contributed by atoms with Gasteiger partial charge in [-0.05, 0) is 131 Å². The molecule has 0 spiro atoms. The van der Waals surface area contributed by atoms with E-state index < -0.39 is 0 Å². The number of amides is 4. The SMILES string of the molecule is CCn1c(CCCCCCC(=O)NO)nc2cc(N(CCCl)CCCl)ccc21.Cn1c(CCCCCC(=O)NO)nc2cc(N(CCCl)CCCl)ccc21.Cn1c(CCCCCCC(=O)NO)nc2cc(N(CCCl)CCCl)ccc21.Cn1c(CCCCCCCC(=O)NO)nc2cc(N(CCCl)CCCl)ccc21. The number of rotatable bonds is 49. The number of imidazole rings is 4. The number of hydrogen-bond acceptors (Lipinski definition) is 16. The summed E-state index contributed by atoms with van der Waals surface area (Å²) in [6.45, 7) is 9.08. The van der Waals surface area contributed by atoms with E-state index in [0.717, 1.165) is 278 Å². The highest BCUT2D eigenvalue weighted by Gasteiger charge is 2.18. The summed E-state index contributed by atoms with van der Waals surface area (Å²) in [6, 6.07) is 25.3. The lowest BCUT2D eigenvalue weighted by Gasteiger charge is -2.22. The number of anilines is 4. The molecule has 606 valence electrons. The molecule has 4 aromatic heterocycles. The first-order chi connectivity index (χ1) is 52.9. The number of hydroxylamine groups is 4. The summed E-state index contributed by atoms with van der Waals surface area (Å²) in [5.74, 6) is 7.47. The number of aryl methyl sites for hydroxylation is 8. The average Bonchev–Trinajstić information content (AvgIpc) is 1.68. The lowest BCUT2D eigenvalue weighted by molar-refractivity contribution is -0.130. The Labute approximate surface area is 682 Å². The Morgan fingerprint density at radius 3 is 0.780 bits per heavy atom. The number of nitrogens with zero attached hydrogens (tertiary/aromatic N) is 12. The van der Waals surface area contributed by atoms with E-state index in [9.17, 15) is 19.2 Å². The fourth-order valence-electron chi connectivity index (χ4n) is 13.1. The van der Waals surface area contributed by atoms with Crippen molar-refractivity contribution in [2.24, 2.45) is 21.1 Å². The van der Waals surface area contributed by atoms with Gasteiger partial charge in [0.05, 0.1) is 44.1 Å². The molecule has 32 heteroatoms. The molecule has 4 amide bonds. The van der Waals surface area contributed by atoms with Crippen molar-refractivity contribution in [2.75, 3.05) is 119 Å². The number of carbonyl (C=O) groups excluding carboxylic acids is 4. The van der Waals surface area contributed by atoms with Crippen molar-refractivity contribution in [2.45, 2.75) is 168 Å². The van der Waals surface area contributed by atoms with Crippen molar-refractivity contribution in [1.29, 1.82) is 0 Å². The van der Waals surface area contributed by atoms with Gasteiger partial charge in [0.1, 0.15) is 23.3 Å². The predicted molar refractivity (Wildman–Crippen MR) is 449 cm³/mol. The van der Waals surface area contributed by atoms with Gasteiger partial charge in [-0.15, -0.1) is 92.8 Å². The first-order valence-corrected chi connectivity index (χ1v) is 42.3. The van der Waals surface area contributed by atoms with Gasteiger partial charge in [-0.25, -0.2) is 41.9 Å². The number of carbonyl (C=O) groups is 4. The Hall–Kier alpha value is -6.00. The minimum absolute atomic E-state index is 0.310. The quantitative estimate of drug-likeness (QED) is 0.00761. The number of alkyl halides is 8. The van der Waals surface area contributed by atoms with Gasteiger partial charge in [0, 0.05) is 201 Å². The zero-order valence-corrected chi connectivity index (χ0v) is 69.8. The molecule has 0 fully saturated rings. The first-order valence-electron chi connectivity index (χ1n) is 38.0. The fourth-order valence-corrected chi connectivity index (χ4v) is 14.7. The second-order valence-electron chi connectivity index (χ2n) is 26.5. The maximum Gasteiger partial charge on any atom is 0.243 e. The predicted octanol–water partition coefficient (Wildman–Crippen LogP) is 15.9. The summed E-state index contributed by atoms with van der Waals surface area (Å²) in [7, 11) is 6.14. The minimum Gasteiger partial charge on any atom is -0.369 e. The van der Waals surface area contributed by atoms with Crippen LogP contribution in [0.5, 0.6) is 0 Å². The third-order valence-corrected chi connectivity index (χ3v) is 20.4. The molecule has 109 heavy (non-hydrogen) atoms. The van der Waals surface area contributed by atoms with Gasteiger partial charge in [0.15, 0.2) is 0 Å². The maximum atomic E-state index is 11.0. The summed E-state index contributed by atoms with van der Waals surface area (Å²) in [4.78, 5) is 72.0. The Bertz CT molecular complexity index is 3930. The van der Waals surface area contributed by atoms with Gasteiger partial charge >= 0.3 is 0 Å². The molecule has 8 aromatic rings. The van der Waals surface area contributed by atoms with Crippen LogP contribution >= 0.6 is 92.8 Å². The van der Waals surface area contributed by atoms with Crippen molar-refractivity contribution in [3.8, 4) is 0 Å². The highest BCUT2D eigenvalue weighted by atomic mass is 35.5. The third-order valence-electron chi connectivity index (χ3n) is 19.0. The van der Waals surface area contributed by atoms with Crippen LogP contribution in [0, 0.1) is 0 Å². The summed E-state index contributed by atoms with van der Waals surface area (Å²) < 4.78 is 8.70. The standard InChI is InChI=1S/2C20H30Cl2N4O2.C19H28Cl2N4O2.C18H26Cl2N4O2/c1-25-18-10-9-16(26(13-11-21)14-12-22)15-17(18)23-19(25)7-5-3-2-4-6-8-20(27)24-28;1-2-26-18-10-9-16(25(13-11-21)14-12-22)15-17(18)23-19(26)7-5-3-4-6-8-20(27)24-28;1-24-17-9-8-15(25(12-10-20)13-11-21)14-16(17)22-18(24)6-4-2-3-5-7-19(26)23-27;1-23-16-8-7-14(24(11-9-19)12-10-20)13-15(16)21-17(23)5-3-2-4-6-18(25)22-26/h2*9-10,15,28H,2-8,11-14H2,1H3,(H,24,27);8-9,14,27H,2-7,10-13H2,1H3,(H,23,26);7-8,13,26H,2-6,9-12H2,1H3,(H,22,25). The molecular weight excluding hydrogens is 1560 g/mol. The molecule has 8 N–H and O–H groups in total. The van der Waals surface area contributed by atoms with Crippen molar-refractivity contribution in [3.05, 3.63) is 96.1 Å². The van der Waals surface area contributed by atoms with Crippen LogP contribution in [-0.2, 0) is 72.5 Å². The van der Waals surface area contributed by atoms with E-state index in [1.807, 2.05) is 14.1 Å². The number of hydrogen-bond donors (Lipinski definition) is 8. The first kappa shape index (κ1) is 93.6. The number of nitrogens with one attached hydrogen (secondary N) is 4. The number of fused-ring (bicyclic) bond motifs is 4. The van der Waals surface area contributed by atoms with E-state index in [0.29, 0.717) is 72.7 Å². The Balaban J connectivity index is 0.000000260. The Kier molecular flexibility index (Phi) is 46.2. The number of benzene rings is 4. The normalized spacial score (nSPS) is 11.1. The van der Waals surface area contributed by atoms with Gasteiger partial charge in [0.25, 0.3) is 0 Å². The van der Waals surface area contributed by atoms with Crippen LogP contribution in [0.4, 0.5) is 22.7 Å². The molecule has 0 radical (unpaired) electrons. The number of aromatic nitrogens is 8. The van der Waals surface area contributed by atoms with E-state index in [2.05, 4.69) is 125 Å².